The zero-order valence-electron chi connectivity index (χ0n) is 39.8. The SMILES string of the molecule is COC(=O)/C(=C\OS(=O)(=O)c1ccc(C)cc1)NC(=O)[C@H](CC(C)C)NC(=O)[C@H](Cc1ccccc1)NC(=O)[C@H](CSC(c1ccccc1)(c1ccccc1)c1ccccc1)NC(=O)OC(C)(C)C. The molecule has 4 N–H and O–H groups in total. The number of carbonyl (C=O) groups is 5. The number of nitrogens with one attached hydrogen (secondary N) is 4. The molecule has 16 heteroatoms. The van der Waals surface area contributed by atoms with Crippen molar-refractivity contribution in [3.8, 4) is 0 Å². The summed E-state index contributed by atoms with van der Waals surface area (Å²) in [4.78, 5) is 69.6. The highest BCUT2D eigenvalue weighted by molar-refractivity contribution is 8.00. The summed E-state index contributed by atoms with van der Waals surface area (Å²) in [5.41, 5.74) is 2.68. The molecule has 0 aliphatic heterocycles. The average molecular weight is 977 g/mol. The van der Waals surface area contributed by atoms with E-state index in [1.165, 1.54) is 23.9 Å². The zero-order valence-corrected chi connectivity index (χ0v) is 41.4. The Labute approximate surface area is 409 Å². The molecule has 0 saturated carbocycles. The van der Waals surface area contributed by atoms with Crippen molar-refractivity contribution in [2.75, 3.05) is 12.9 Å². The van der Waals surface area contributed by atoms with Crippen molar-refractivity contribution < 1.29 is 46.0 Å². The number of alkyl carbamates (subject to hydrolysis) is 1. The van der Waals surface area contributed by atoms with Gasteiger partial charge in [-0.1, -0.05) is 153 Å². The quantitative estimate of drug-likeness (QED) is 0.0185. The van der Waals surface area contributed by atoms with Crippen molar-refractivity contribution >= 4 is 51.7 Å². The van der Waals surface area contributed by atoms with E-state index in [2.05, 4.69) is 21.3 Å². The van der Waals surface area contributed by atoms with Gasteiger partial charge in [0, 0.05) is 12.2 Å². The highest BCUT2D eigenvalue weighted by Crippen LogP contribution is 2.48. The number of methoxy groups -OCH3 is 1. The Kier molecular flexibility index (Phi) is 18.8. The maximum Gasteiger partial charge on any atom is 0.408 e. The molecule has 0 unspecified atom stereocenters. The lowest BCUT2D eigenvalue weighted by Gasteiger charge is -2.36. The molecule has 69 heavy (non-hydrogen) atoms. The highest BCUT2D eigenvalue weighted by atomic mass is 32.2. The van der Waals surface area contributed by atoms with Crippen LogP contribution in [-0.4, -0.2) is 74.8 Å². The standard InChI is InChI=1S/C53H60N4O10S2/c1-36(2)32-43(47(58)56-45(50(61)65-7)34-66-69(63,64)42-30-28-37(3)29-31-42)54-48(59)44(33-38-20-12-8-13-21-38)55-49(60)46(57-51(62)67-52(4,5)6)35-68-53(39-22-14-9-15-23-39,40-24-16-10-17-25-40)41-26-18-11-19-27-41/h8-31,34,36,43-44,46H,32-33,35H2,1-7H3,(H,54,59)(H,55,60)(H,56,58)(H,57,62)/b45-34+/t43-,44-,46-/m0/s1. The van der Waals surface area contributed by atoms with Gasteiger partial charge >= 0.3 is 22.2 Å². The number of ether oxygens (including phenoxy) is 2. The molecule has 364 valence electrons. The van der Waals surface area contributed by atoms with E-state index in [4.69, 9.17) is 13.7 Å². The van der Waals surface area contributed by atoms with Crippen molar-refractivity contribution in [1.29, 1.82) is 0 Å². The summed E-state index contributed by atoms with van der Waals surface area (Å²) in [6, 6.07) is 40.3. The van der Waals surface area contributed by atoms with Gasteiger partial charge in [-0.3, -0.25) is 14.4 Å². The summed E-state index contributed by atoms with van der Waals surface area (Å²) in [5, 5.41) is 10.8. The van der Waals surface area contributed by atoms with Crippen molar-refractivity contribution in [2.24, 2.45) is 5.92 Å². The first-order chi connectivity index (χ1) is 32.8. The minimum Gasteiger partial charge on any atom is -0.464 e. The number of carbonyl (C=O) groups excluding carboxylic acids is 5. The lowest BCUT2D eigenvalue weighted by atomic mass is 9.84. The average Bonchev–Trinajstić information content (AvgIpc) is 3.32. The Bertz CT molecular complexity index is 2550. The van der Waals surface area contributed by atoms with Crippen molar-refractivity contribution in [3.63, 3.8) is 0 Å². The molecule has 0 spiro atoms. The van der Waals surface area contributed by atoms with E-state index in [-0.39, 0.29) is 29.4 Å². The number of hydrogen-bond donors (Lipinski definition) is 4. The molecule has 5 aromatic carbocycles. The summed E-state index contributed by atoms with van der Waals surface area (Å²) in [6.07, 6.45) is -0.263. The van der Waals surface area contributed by atoms with Gasteiger partial charge in [0.1, 0.15) is 34.9 Å². The molecular weight excluding hydrogens is 917 g/mol. The van der Waals surface area contributed by atoms with Crippen LogP contribution in [0.15, 0.2) is 162 Å². The Morgan fingerprint density at radius 3 is 1.59 bits per heavy atom. The number of esters is 1. The van der Waals surface area contributed by atoms with Gasteiger partial charge in [-0.05, 0) is 74.4 Å². The maximum atomic E-state index is 14.8. The van der Waals surface area contributed by atoms with Gasteiger partial charge in [0.05, 0.1) is 11.9 Å². The van der Waals surface area contributed by atoms with Crippen molar-refractivity contribution in [2.45, 2.75) is 87.8 Å². The molecule has 5 aromatic rings. The van der Waals surface area contributed by atoms with E-state index in [0.29, 0.717) is 11.8 Å². The summed E-state index contributed by atoms with van der Waals surface area (Å²) < 4.78 is 40.6. The van der Waals surface area contributed by atoms with Crippen LogP contribution >= 0.6 is 11.8 Å². The normalized spacial score (nSPS) is 13.2. The van der Waals surface area contributed by atoms with Crippen LogP contribution in [0, 0.1) is 12.8 Å². The lowest BCUT2D eigenvalue weighted by molar-refractivity contribution is -0.138. The van der Waals surface area contributed by atoms with Crippen molar-refractivity contribution in [1.82, 2.24) is 21.3 Å². The van der Waals surface area contributed by atoms with Crippen LogP contribution in [0.5, 0.6) is 0 Å². The Hall–Kier alpha value is -6.91. The molecule has 0 aromatic heterocycles. The minimum atomic E-state index is -4.42. The smallest absolute Gasteiger partial charge is 0.408 e. The van der Waals surface area contributed by atoms with Gasteiger partial charge in [0.15, 0.2) is 5.70 Å². The minimum absolute atomic E-state index is 0.00778. The molecule has 5 rings (SSSR count). The third-order valence-corrected chi connectivity index (χ3v) is 13.4. The van der Waals surface area contributed by atoms with Gasteiger partial charge in [-0.2, -0.15) is 8.42 Å². The topological polar surface area (TPSA) is 195 Å². The van der Waals surface area contributed by atoms with Gasteiger partial charge in [-0.25, -0.2) is 9.59 Å². The number of rotatable bonds is 21. The van der Waals surface area contributed by atoms with E-state index >= 15 is 0 Å². The van der Waals surface area contributed by atoms with Gasteiger partial charge < -0.3 is 34.9 Å². The van der Waals surface area contributed by atoms with Crippen molar-refractivity contribution in [3.05, 3.63) is 185 Å². The number of hydrogen-bond acceptors (Lipinski definition) is 11. The lowest BCUT2D eigenvalue weighted by Crippen LogP contribution is -2.58. The second-order valence-corrected chi connectivity index (χ2v) is 20.4. The van der Waals surface area contributed by atoms with Crippen LogP contribution < -0.4 is 21.3 Å². The Morgan fingerprint density at radius 1 is 0.638 bits per heavy atom. The Morgan fingerprint density at radius 2 is 1.12 bits per heavy atom. The number of thioether (sulfide) groups is 1. The first-order valence-electron chi connectivity index (χ1n) is 22.3. The van der Waals surface area contributed by atoms with Gasteiger partial charge in [0.25, 0.3) is 0 Å². The van der Waals surface area contributed by atoms with E-state index in [9.17, 15) is 32.4 Å². The van der Waals surface area contributed by atoms with E-state index in [0.717, 1.165) is 29.4 Å². The van der Waals surface area contributed by atoms with Crippen LogP contribution in [0.4, 0.5) is 4.79 Å². The first kappa shape index (κ1) is 53.1. The molecule has 4 amide bonds. The highest BCUT2D eigenvalue weighted by Gasteiger charge is 2.40. The van der Waals surface area contributed by atoms with Crippen LogP contribution in [0.2, 0.25) is 0 Å². The molecule has 0 bridgehead atoms. The van der Waals surface area contributed by atoms with E-state index in [1.807, 2.05) is 105 Å². The molecule has 0 fully saturated rings. The Balaban J connectivity index is 1.48. The third kappa shape index (κ3) is 15.3. The van der Waals surface area contributed by atoms with Crippen LogP contribution in [0.1, 0.15) is 68.9 Å². The molecule has 3 atom stereocenters. The molecule has 0 radical (unpaired) electrons. The fourth-order valence-electron chi connectivity index (χ4n) is 7.25. The largest absolute Gasteiger partial charge is 0.464 e. The molecular formula is C53H60N4O10S2. The second kappa shape index (κ2) is 24.4. The molecule has 14 nitrogen and oxygen atoms in total. The maximum absolute atomic E-state index is 14.8. The van der Waals surface area contributed by atoms with Crippen LogP contribution in [-0.2, 0) is 54.1 Å². The number of aryl methyl sites for hydroxylation is 1. The molecule has 0 aliphatic rings. The monoisotopic (exact) mass is 976 g/mol. The summed E-state index contributed by atoms with van der Waals surface area (Å²) in [5.74, 6) is -3.68. The van der Waals surface area contributed by atoms with Gasteiger partial charge in [0.2, 0.25) is 17.7 Å². The van der Waals surface area contributed by atoms with Gasteiger partial charge in [-0.15, -0.1) is 11.8 Å². The third-order valence-electron chi connectivity index (χ3n) is 10.5. The summed E-state index contributed by atoms with van der Waals surface area (Å²) >= 11 is 1.42. The summed E-state index contributed by atoms with van der Waals surface area (Å²) in [7, 11) is -3.38. The number of amides is 4. The number of benzene rings is 5. The predicted molar refractivity (Wildman–Crippen MR) is 266 cm³/mol. The molecule has 0 saturated heterocycles. The van der Waals surface area contributed by atoms with Crippen LogP contribution in [0.3, 0.4) is 0 Å². The predicted octanol–water partition coefficient (Wildman–Crippen LogP) is 7.71. The second-order valence-electron chi connectivity index (χ2n) is 17.6. The van der Waals surface area contributed by atoms with E-state index in [1.54, 1.807) is 70.2 Å². The fourth-order valence-corrected chi connectivity index (χ4v) is 9.61. The summed E-state index contributed by atoms with van der Waals surface area (Å²) in [6.45, 7) is 10.5. The van der Waals surface area contributed by atoms with E-state index < -0.39 is 74.1 Å². The molecule has 0 heterocycles. The fraction of sp³-hybridized carbons (Fsp3) is 0.302. The first-order valence-corrected chi connectivity index (χ1v) is 24.7. The molecule has 0 aliphatic carbocycles. The zero-order chi connectivity index (χ0) is 50.2. The van der Waals surface area contributed by atoms with Crippen LogP contribution in [0.25, 0.3) is 0 Å².